The number of hydrogen-bond donors (Lipinski definition) is 1. The lowest BCUT2D eigenvalue weighted by atomic mass is 10.2. The number of nitrogens with two attached hydrogens (primary N) is 1. The van der Waals surface area contributed by atoms with Crippen molar-refractivity contribution in [1.82, 2.24) is 4.90 Å². The van der Waals surface area contributed by atoms with Crippen molar-refractivity contribution in [3.05, 3.63) is 28.7 Å². The molecule has 1 aromatic carbocycles. The van der Waals surface area contributed by atoms with E-state index in [-0.39, 0.29) is 12.5 Å². The Morgan fingerprint density at radius 1 is 1.37 bits per heavy atom. The monoisotopic (exact) mass is 328 g/mol. The van der Waals surface area contributed by atoms with E-state index in [1.54, 1.807) is 0 Å². The molecule has 0 radical (unpaired) electrons. The topological polar surface area (TPSA) is 55.6 Å². The molecule has 0 saturated carbocycles. The molecule has 4 nitrogen and oxygen atoms in total. The Hall–Kier alpha value is -1.07. The van der Waals surface area contributed by atoms with Gasteiger partial charge in [0.25, 0.3) is 0 Å². The third-order valence-electron chi connectivity index (χ3n) is 2.49. The maximum atomic E-state index is 11.0. The summed E-state index contributed by atoms with van der Waals surface area (Å²) >= 11 is 3.38. The molecule has 1 rings (SSSR count). The summed E-state index contributed by atoms with van der Waals surface area (Å²) in [5.74, 6) is 1.02. The predicted molar refractivity (Wildman–Crippen MR) is 80.1 cm³/mol. The Bertz CT molecular complexity index is 393. The number of benzene rings is 1. The van der Waals surface area contributed by atoms with E-state index in [0.717, 1.165) is 16.8 Å². The van der Waals surface area contributed by atoms with Crippen LogP contribution < -0.4 is 10.5 Å². The molecule has 0 heterocycles. The average Bonchev–Trinajstić information content (AvgIpc) is 2.30. The van der Waals surface area contributed by atoms with Gasteiger partial charge in [-0.15, -0.1) is 0 Å². The van der Waals surface area contributed by atoms with Crippen molar-refractivity contribution in [2.75, 3.05) is 26.2 Å². The van der Waals surface area contributed by atoms with Gasteiger partial charge in [0.1, 0.15) is 12.4 Å². The molecule has 0 aliphatic heterocycles. The van der Waals surface area contributed by atoms with E-state index in [2.05, 4.69) is 29.8 Å². The molecule has 2 N–H and O–H groups in total. The Kier molecular flexibility index (Phi) is 6.87. The second-order valence-corrected chi connectivity index (χ2v) is 5.81. The van der Waals surface area contributed by atoms with Gasteiger partial charge in [-0.2, -0.15) is 0 Å². The highest BCUT2D eigenvalue weighted by molar-refractivity contribution is 9.10. The molecule has 0 aromatic heterocycles. The summed E-state index contributed by atoms with van der Waals surface area (Å²) in [6, 6.07) is 7.69. The molecule has 5 heteroatoms. The maximum absolute atomic E-state index is 11.0. The van der Waals surface area contributed by atoms with E-state index in [1.165, 1.54) is 0 Å². The van der Waals surface area contributed by atoms with Crippen LogP contribution in [0.5, 0.6) is 5.75 Å². The average molecular weight is 329 g/mol. The van der Waals surface area contributed by atoms with E-state index in [4.69, 9.17) is 10.5 Å². The number of amides is 1. The van der Waals surface area contributed by atoms with E-state index in [1.807, 2.05) is 29.2 Å². The van der Waals surface area contributed by atoms with Gasteiger partial charge in [0, 0.05) is 17.6 Å². The number of carbonyl (C=O) groups is 1. The van der Waals surface area contributed by atoms with Crippen LogP contribution in [0.15, 0.2) is 28.7 Å². The molecule has 0 spiro atoms. The van der Waals surface area contributed by atoms with Crippen LogP contribution in [-0.2, 0) is 4.79 Å². The Morgan fingerprint density at radius 2 is 2.00 bits per heavy atom. The third-order valence-corrected chi connectivity index (χ3v) is 3.02. The lowest BCUT2D eigenvalue weighted by Crippen LogP contribution is -2.38. The van der Waals surface area contributed by atoms with Crippen LogP contribution >= 0.6 is 15.9 Å². The zero-order valence-electron chi connectivity index (χ0n) is 11.4. The SMILES string of the molecule is CC(C)CN(CCOc1ccc(Br)cc1)CC(N)=O. The third kappa shape index (κ3) is 7.18. The van der Waals surface area contributed by atoms with E-state index >= 15 is 0 Å². The summed E-state index contributed by atoms with van der Waals surface area (Å²) in [5.41, 5.74) is 5.24. The van der Waals surface area contributed by atoms with Gasteiger partial charge in [-0.05, 0) is 30.2 Å². The molecular formula is C14H21BrN2O2. The Morgan fingerprint density at radius 3 is 2.53 bits per heavy atom. The first-order valence-electron chi connectivity index (χ1n) is 6.36. The summed E-state index contributed by atoms with van der Waals surface area (Å²) in [7, 11) is 0. The van der Waals surface area contributed by atoms with Gasteiger partial charge < -0.3 is 10.5 Å². The molecule has 0 unspecified atom stereocenters. The summed E-state index contributed by atoms with van der Waals surface area (Å²) in [6.07, 6.45) is 0. The first kappa shape index (κ1) is 16.0. The second kappa shape index (κ2) is 8.17. The highest BCUT2D eigenvalue weighted by Crippen LogP contribution is 2.15. The van der Waals surface area contributed by atoms with Crippen LogP contribution in [0.3, 0.4) is 0 Å². The minimum Gasteiger partial charge on any atom is -0.492 e. The molecule has 0 fully saturated rings. The first-order chi connectivity index (χ1) is 8.97. The van der Waals surface area contributed by atoms with Gasteiger partial charge in [0.2, 0.25) is 5.91 Å². The van der Waals surface area contributed by atoms with E-state index in [9.17, 15) is 4.79 Å². The summed E-state index contributed by atoms with van der Waals surface area (Å²) in [5, 5.41) is 0. The highest BCUT2D eigenvalue weighted by Gasteiger charge is 2.10. The molecule has 1 aromatic rings. The van der Waals surface area contributed by atoms with Gasteiger partial charge in [0.05, 0.1) is 6.54 Å². The number of hydrogen-bond acceptors (Lipinski definition) is 3. The largest absolute Gasteiger partial charge is 0.492 e. The molecule has 19 heavy (non-hydrogen) atoms. The quantitative estimate of drug-likeness (QED) is 0.796. The number of halogens is 1. The van der Waals surface area contributed by atoms with Crippen LogP contribution in [-0.4, -0.2) is 37.0 Å². The van der Waals surface area contributed by atoms with E-state index in [0.29, 0.717) is 19.1 Å². The Balaban J connectivity index is 2.38. The molecule has 0 aliphatic carbocycles. The van der Waals surface area contributed by atoms with Crippen molar-refractivity contribution in [2.24, 2.45) is 11.7 Å². The van der Waals surface area contributed by atoms with Gasteiger partial charge >= 0.3 is 0 Å². The molecule has 0 atom stereocenters. The standard InChI is InChI=1S/C14H21BrN2O2/c1-11(2)9-17(10-14(16)18)7-8-19-13-5-3-12(15)4-6-13/h3-6,11H,7-10H2,1-2H3,(H2,16,18). The van der Waals surface area contributed by atoms with Crippen LogP contribution in [0.25, 0.3) is 0 Å². The number of primary amides is 1. The molecule has 0 bridgehead atoms. The summed E-state index contributed by atoms with van der Waals surface area (Å²) in [6.45, 7) is 6.58. The lowest BCUT2D eigenvalue weighted by Gasteiger charge is -2.22. The molecule has 0 aliphatic rings. The maximum Gasteiger partial charge on any atom is 0.231 e. The molecule has 1 amide bonds. The van der Waals surface area contributed by atoms with Crippen molar-refractivity contribution in [3.63, 3.8) is 0 Å². The predicted octanol–water partition coefficient (Wildman–Crippen LogP) is 2.27. The van der Waals surface area contributed by atoms with Crippen LogP contribution in [0.2, 0.25) is 0 Å². The fraction of sp³-hybridized carbons (Fsp3) is 0.500. The lowest BCUT2D eigenvalue weighted by molar-refractivity contribution is -0.119. The van der Waals surface area contributed by atoms with Crippen LogP contribution in [0, 0.1) is 5.92 Å². The van der Waals surface area contributed by atoms with Crippen LogP contribution in [0.1, 0.15) is 13.8 Å². The van der Waals surface area contributed by atoms with Crippen molar-refractivity contribution < 1.29 is 9.53 Å². The zero-order valence-corrected chi connectivity index (χ0v) is 13.0. The van der Waals surface area contributed by atoms with Gasteiger partial charge in [-0.3, -0.25) is 9.69 Å². The zero-order chi connectivity index (χ0) is 14.3. The number of carbonyl (C=O) groups excluding carboxylic acids is 1. The summed E-state index contributed by atoms with van der Waals surface area (Å²) in [4.78, 5) is 13.0. The molecule has 106 valence electrons. The number of rotatable bonds is 8. The van der Waals surface area contributed by atoms with E-state index < -0.39 is 0 Å². The smallest absolute Gasteiger partial charge is 0.231 e. The fourth-order valence-corrected chi connectivity index (χ4v) is 2.06. The van der Waals surface area contributed by atoms with Gasteiger partial charge in [-0.1, -0.05) is 29.8 Å². The number of ether oxygens (including phenoxy) is 1. The highest BCUT2D eigenvalue weighted by atomic mass is 79.9. The van der Waals surface area contributed by atoms with Crippen molar-refractivity contribution in [1.29, 1.82) is 0 Å². The minimum absolute atomic E-state index is 0.280. The Labute approximate surface area is 123 Å². The van der Waals surface area contributed by atoms with Crippen molar-refractivity contribution in [2.45, 2.75) is 13.8 Å². The van der Waals surface area contributed by atoms with Crippen molar-refractivity contribution in [3.8, 4) is 5.75 Å². The fourth-order valence-electron chi connectivity index (χ4n) is 1.80. The van der Waals surface area contributed by atoms with Crippen LogP contribution in [0.4, 0.5) is 0 Å². The van der Waals surface area contributed by atoms with Crippen molar-refractivity contribution >= 4 is 21.8 Å². The number of nitrogens with zero attached hydrogens (tertiary/aromatic N) is 1. The summed E-state index contributed by atoms with van der Waals surface area (Å²) < 4.78 is 6.66. The normalized spacial score (nSPS) is 11.0. The minimum atomic E-state index is -0.302. The first-order valence-corrected chi connectivity index (χ1v) is 7.15. The molecule has 0 saturated heterocycles. The second-order valence-electron chi connectivity index (χ2n) is 4.90. The van der Waals surface area contributed by atoms with Gasteiger partial charge in [0.15, 0.2) is 0 Å². The van der Waals surface area contributed by atoms with Gasteiger partial charge in [-0.25, -0.2) is 0 Å². The molecular weight excluding hydrogens is 308 g/mol.